The van der Waals surface area contributed by atoms with Crippen LogP contribution < -0.4 is 22.7 Å². The third kappa shape index (κ3) is 0.988. The molecule has 1 aliphatic rings. The number of nitrogens with one attached hydrogen (secondary N) is 1. The van der Waals surface area contributed by atoms with E-state index in [-0.39, 0.29) is 5.54 Å². The van der Waals surface area contributed by atoms with Gasteiger partial charge in [0.15, 0.2) is 0 Å². The Labute approximate surface area is 54.0 Å². The normalized spacial score (nSPS) is 23.6. The summed E-state index contributed by atoms with van der Waals surface area (Å²) < 4.78 is 0. The number of nitrogens with two attached hydrogens (primary N) is 3. The Morgan fingerprint density at radius 3 is 2.22 bits per heavy atom. The van der Waals surface area contributed by atoms with E-state index in [1.54, 1.807) is 0 Å². The third-order valence-corrected chi connectivity index (χ3v) is 1.65. The maximum absolute atomic E-state index is 5.72. The van der Waals surface area contributed by atoms with Crippen LogP contribution in [-0.4, -0.2) is 5.54 Å². The summed E-state index contributed by atoms with van der Waals surface area (Å²) in [5, 5.41) is 0. The van der Waals surface area contributed by atoms with Crippen LogP contribution in [0.15, 0.2) is 11.9 Å². The first kappa shape index (κ1) is 6.38. The average molecular weight is 128 g/mol. The number of hydrogen-bond donors (Lipinski definition) is 4. The fraction of sp³-hybridized carbons (Fsp3) is 0.600. The largest absolute Gasteiger partial charge is 0.403 e. The zero-order valence-electron chi connectivity index (χ0n) is 5.22. The number of hydrogen-bond acceptors (Lipinski definition) is 4. The zero-order chi connectivity index (χ0) is 6.91. The molecule has 4 nitrogen and oxygen atoms in total. The smallest absolute Gasteiger partial charge is 0.0612 e. The molecule has 0 spiro atoms. The molecule has 7 N–H and O–H groups in total. The van der Waals surface area contributed by atoms with E-state index in [0.717, 1.165) is 18.5 Å². The molecular weight excluding hydrogens is 116 g/mol. The van der Waals surface area contributed by atoms with Gasteiger partial charge in [-0.25, -0.2) is 0 Å². The molecule has 0 radical (unpaired) electrons. The van der Waals surface area contributed by atoms with E-state index >= 15 is 0 Å². The molecule has 9 heavy (non-hydrogen) atoms. The topological polar surface area (TPSA) is 90.1 Å². The number of hydrazine groups is 1. The summed E-state index contributed by atoms with van der Waals surface area (Å²) in [6.07, 6.45) is 3.37. The monoisotopic (exact) mass is 128 g/mol. The first-order valence-electron chi connectivity index (χ1n) is 2.91. The van der Waals surface area contributed by atoms with Gasteiger partial charge in [-0.1, -0.05) is 0 Å². The minimum Gasteiger partial charge on any atom is -0.403 e. The van der Waals surface area contributed by atoms with E-state index in [1.165, 1.54) is 6.20 Å². The average Bonchev–Trinajstić information content (AvgIpc) is 2.52. The highest BCUT2D eigenvalue weighted by Crippen LogP contribution is 2.37. The molecule has 52 valence electrons. The summed E-state index contributed by atoms with van der Waals surface area (Å²) in [5.74, 6) is 5.13. The lowest BCUT2D eigenvalue weighted by atomic mass is 10.2. The van der Waals surface area contributed by atoms with Crippen LogP contribution in [-0.2, 0) is 0 Å². The Balaban J connectivity index is 2.58. The van der Waals surface area contributed by atoms with Gasteiger partial charge in [0, 0.05) is 6.20 Å². The zero-order valence-corrected chi connectivity index (χ0v) is 5.22. The molecule has 1 fully saturated rings. The maximum Gasteiger partial charge on any atom is 0.0612 e. The molecule has 4 heteroatoms. The molecule has 1 saturated carbocycles. The third-order valence-electron chi connectivity index (χ3n) is 1.65. The van der Waals surface area contributed by atoms with Crippen molar-refractivity contribution < 1.29 is 0 Å². The summed E-state index contributed by atoms with van der Waals surface area (Å²) in [6.45, 7) is 0. The summed E-state index contributed by atoms with van der Waals surface area (Å²) in [5.41, 5.74) is 13.9. The van der Waals surface area contributed by atoms with Crippen LogP contribution in [0.2, 0.25) is 0 Å². The van der Waals surface area contributed by atoms with Crippen LogP contribution in [0.1, 0.15) is 12.8 Å². The van der Waals surface area contributed by atoms with Gasteiger partial charge in [0.1, 0.15) is 0 Å². The molecule has 1 rings (SSSR count). The van der Waals surface area contributed by atoms with Crippen molar-refractivity contribution >= 4 is 0 Å². The van der Waals surface area contributed by atoms with Crippen molar-refractivity contribution in [2.45, 2.75) is 18.4 Å². The van der Waals surface area contributed by atoms with Crippen LogP contribution in [0.25, 0.3) is 0 Å². The lowest BCUT2D eigenvalue weighted by Crippen LogP contribution is -2.37. The van der Waals surface area contributed by atoms with Crippen LogP contribution in [0.5, 0.6) is 0 Å². The molecule has 0 atom stereocenters. The van der Waals surface area contributed by atoms with Gasteiger partial charge in [0.2, 0.25) is 0 Å². The van der Waals surface area contributed by atoms with Crippen molar-refractivity contribution in [3.05, 3.63) is 11.9 Å². The summed E-state index contributed by atoms with van der Waals surface area (Å²) >= 11 is 0. The molecule has 0 bridgehead atoms. The van der Waals surface area contributed by atoms with E-state index in [9.17, 15) is 0 Å². The van der Waals surface area contributed by atoms with Gasteiger partial charge in [-0.2, -0.15) is 0 Å². The van der Waals surface area contributed by atoms with Crippen molar-refractivity contribution in [1.82, 2.24) is 5.43 Å². The van der Waals surface area contributed by atoms with Gasteiger partial charge < -0.3 is 16.9 Å². The SMILES string of the molecule is N/C=C(\NN)C1(N)CC1. The van der Waals surface area contributed by atoms with Crippen LogP contribution in [0.3, 0.4) is 0 Å². The van der Waals surface area contributed by atoms with Gasteiger partial charge in [-0.05, 0) is 12.8 Å². The van der Waals surface area contributed by atoms with E-state index in [2.05, 4.69) is 5.43 Å². The second-order valence-electron chi connectivity index (χ2n) is 2.38. The van der Waals surface area contributed by atoms with Crippen molar-refractivity contribution in [3.63, 3.8) is 0 Å². The first-order valence-corrected chi connectivity index (χ1v) is 2.91. The Morgan fingerprint density at radius 1 is 1.56 bits per heavy atom. The van der Waals surface area contributed by atoms with E-state index in [0.29, 0.717) is 0 Å². The molecular formula is C5H12N4. The van der Waals surface area contributed by atoms with E-state index < -0.39 is 0 Å². The summed E-state index contributed by atoms with van der Waals surface area (Å²) in [6, 6.07) is 0. The van der Waals surface area contributed by atoms with Crippen molar-refractivity contribution in [3.8, 4) is 0 Å². The molecule has 1 aliphatic carbocycles. The molecule has 0 aromatic carbocycles. The van der Waals surface area contributed by atoms with Gasteiger partial charge in [0.25, 0.3) is 0 Å². The Bertz CT molecular complexity index is 136. The minimum absolute atomic E-state index is 0.233. The molecule has 0 saturated heterocycles. The number of rotatable bonds is 2. The first-order chi connectivity index (χ1) is 4.23. The summed E-state index contributed by atoms with van der Waals surface area (Å²) in [4.78, 5) is 0. The maximum atomic E-state index is 5.72. The lowest BCUT2D eigenvalue weighted by Gasteiger charge is -2.11. The lowest BCUT2D eigenvalue weighted by molar-refractivity contribution is 0.687. The van der Waals surface area contributed by atoms with Crippen LogP contribution in [0.4, 0.5) is 0 Å². The van der Waals surface area contributed by atoms with Gasteiger partial charge in [-0.3, -0.25) is 5.84 Å². The molecule has 0 amide bonds. The molecule has 0 heterocycles. The Kier molecular flexibility index (Phi) is 1.34. The van der Waals surface area contributed by atoms with Crippen molar-refractivity contribution in [1.29, 1.82) is 0 Å². The molecule has 0 aromatic heterocycles. The van der Waals surface area contributed by atoms with Crippen molar-refractivity contribution in [2.24, 2.45) is 17.3 Å². The van der Waals surface area contributed by atoms with E-state index in [4.69, 9.17) is 17.3 Å². The molecule has 0 aliphatic heterocycles. The highest BCUT2D eigenvalue weighted by atomic mass is 15.2. The van der Waals surface area contributed by atoms with Gasteiger partial charge in [0.05, 0.1) is 11.2 Å². The standard InChI is InChI=1S/C5H12N4/c6-3-4(9-8)5(7)1-2-5/h3,9H,1-2,6-8H2/b4-3-. The van der Waals surface area contributed by atoms with Gasteiger partial charge in [-0.15, -0.1) is 0 Å². The second kappa shape index (κ2) is 1.89. The fourth-order valence-electron chi connectivity index (χ4n) is 0.762. The van der Waals surface area contributed by atoms with Crippen LogP contribution >= 0.6 is 0 Å². The highest BCUT2D eigenvalue weighted by molar-refractivity contribution is 5.24. The quantitative estimate of drug-likeness (QED) is 0.276. The van der Waals surface area contributed by atoms with Gasteiger partial charge >= 0.3 is 0 Å². The molecule has 0 unspecified atom stereocenters. The molecule has 0 aromatic rings. The Morgan fingerprint density at radius 2 is 2.11 bits per heavy atom. The second-order valence-corrected chi connectivity index (χ2v) is 2.38. The van der Waals surface area contributed by atoms with Crippen LogP contribution in [0, 0.1) is 0 Å². The Hall–Kier alpha value is -0.740. The van der Waals surface area contributed by atoms with E-state index in [1.807, 2.05) is 0 Å². The minimum atomic E-state index is -0.233. The summed E-state index contributed by atoms with van der Waals surface area (Å²) in [7, 11) is 0. The highest BCUT2D eigenvalue weighted by Gasteiger charge is 2.41. The van der Waals surface area contributed by atoms with Crippen molar-refractivity contribution in [2.75, 3.05) is 0 Å². The predicted octanol–water partition coefficient (Wildman–Crippen LogP) is -1.26. The fourth-order valence-corrected chi connectivity index (χ4v) is 0.762. The predicted molar refractivity (Wildman–Crippen MR) is 35.7 cm³/mol.